The van der Waals surface area contributed by atoms with Gasteiger partial charge in [-0.05, 0) is 196 Å². The third-order valence-electron chi connectivity index (χ3n) is 27.0. The summed E-state index contributed by atoms with van der Waals surface area (Å²) < 4.78 is 14.9. The maximum absolute atomic E-state index is 5.48. The molecule has 0 bridgehead atoms. The molecule has 0 aliphatic rings. The molecule has 28 aromatic rings. The second-order valence-corrected chi connectivity index (χ2v) is 38.4. The molecule has 6 nitrogen and oxygen atoms in total. The van der Waals surface area contributed by atoms with Gasteiger partial charge in [-0.25, -0.2) is 15.0 Å². The van der Waals surface area contributed by atoms with Gasteiger partial charge in [0.05, 0.1) is 67.3 Å². The maximum atomic E-state index is 5.48. The third-order valence-corrected chi connectivity index (χ3v) is 30.4. The lowest BCUT2D eigenvalue weighted by atomic mass is 9.97. The van der Waals surface area contributed by atoms with E-state index in [1.165, 1.54) is 148 Å². The predicted octanol–water partition coefficient (Wildman–Crippen LogP) is 36.3. The summed E-state index contributed by atoms with van der Waals surface area (Å²) in [6.07, 6.45) is 0. The van der Waals surface area contributed by atoms with Crippen LogP contribution in [0.15, 0.2) is 497 Å². The lowest BCUT2D eigenvalue weighted by Crippen LogP contribution is -1.97. The van der Waals surface area contributed by atoms with E-state index in [1.54, 1.807) is 0 Å². The van der Waals surface area contributed by atoms with Crippen LogP contribution in [0.2, 0.25) is 0 Å². The first-order valence-corrected chi connectivity index (χ1v) is 49.2. The van der Waals surface area contributed by atoms with Crippen LogP contribution in [0.4, 0.5) is 0 Å². The third kappa shape index (κ3) is 14.7. The lowest BCUT2D eigenvalue weighted by Gasteiger charge is -2.14. The van der Waals surface area contributed by atoms with Crippen LogP contribution in [0.1, 0.15) is 0 Å². The minimum Gasteiger partial charge on any atom is -0.309 e. The molecule has 0 fully saturated rings. The van der Waals surface area contributed by atoms with Crippen LogP contribution in [0, 0.1) is 0 Å². The van der Waals surface area contributed by atoms with Gasteiger partial charge in [0, 0.05) is 143 Å². The smallest absolute Gasteiger partial charge is 0.0737 e. The van der Waals surface area contributed by atoms with Crippen molar-refractivity contribution in [3.8, 4) is 129 Å². The molecule has 28 rings (SSSR count). The highest BCUT2D eigenvalue weighted by Gasteiger charge is 2.24. The molecular weight excluding hydrogens is 1730 g/mol. The second kappa shape index (κ2) is 34.6. The Hall–Kier alpha value is -17.3. The van der Waals surface area contributed by atoms with Gasteiger partial charge in [-0.2, -0.15) is 0 Å². The summed E-state index contributed by atoms with van der Waals surface area (Å²) in [5.74, 6) is 0. The summed E-state index contributed by atoms with van der Waals surface area (Å²) in [5, 5.41) is 15.1. The second-order valence-electron chi connectivity index (χ2n) is 35.2. The lowest BCUT2D eigenvalue weighted by molar-refractivity contribution is 1.18. The number of hydrogen-bond donors (Lipinski definition) is 0. The molecule has 0 radical (unpaired) electrons. The van der Waals surface area contributed by atoms with Gasteiger partial charge in [-0.15, -0.1) is 34.0 Å². The number of thiophene rings is 3. The average molecular weight is 1810 g/mol. The fourth-order valence-corrected chi connectivity index (χ4v) is 23.9. The van der Waals surface area contributed by atoms with E-state index in [9.17, 15) is 0 Å². The van der Waals surface area contributed by atoms with Gasteiger partial charge in [-0.1, -0.05) is 346 Å². The minimum absolute atomic E-state index is 0.952. The monoisotopic (exact) mass is 1810 g/mol. The molecule has 0 saturated heterocycles. The molecule has 9 heteroatoms. The van der Waals surface area contributed by atoms with Gasteiger partial charge in [0.15, 0.2) is 0 Å². The van der Waals surface area contributed by atoms with Gasteiger partial charge in [0.2, 0.25) is 0 Å². The van der Waals surface area contributed by atoms with Crippen LogP contribution in [-0.2, 0) is 0 Å². The van der Waals surface area contributed by atoms with Crippen LogP contribution in [0.3, 0.4) is 0 Å². The fourth-order valence-electron chi connectivity index (χ4n) is 20.5. The first-order valence-electron chi connectivity index (χ1n) is 46.7. The summed E-state index contributed by atoms with van der Waals surface area (Å²) in [7, 11) is 0. The van der Waals surface area contributed by atoms with Crippen LogP contribution in [0.5, 0.6) is 0 Å². The summed E-state index contributed by atoms with van der Waals surface area (Å²) in [5.41, 5.74) is 32.5. The van der Waals surface area contributed by atoms with Crippen LogP contribution in [0.25, 0.3) is 255 Å². The van der Waals surface area contributed by atoms with Crippen molar-refractivity contribution >= 4 is 160 Å². The molecule has 19 aromatic carbocycles. The van der Waals surface area contributed by atoms with Gasteiger partial charge in [-0.3, -0.25) is 0 Å². The SMILES string of the molecule is c1ccc(-c2cc(-c3ccc4sc5ccccc5c4c3)nc(-c3ccc4c(c3)c3ccccc3n4-c3ccccc3)c2)cc1.c1ccc(-c2cc(-c3cccc4sc5ccccc5c34)nc(-c3cccc4c5ccccc5n(-c5ccccc5)c34)c2)cc1.c1ccc(-c2ccc(-c3cc(-c4ccc5c(c4)sc4ccccc45)nc(-c4ccc5c6ccccc6n(-c6ccccc6)c5c4)c3)cc2)cc1. The van der Waals surface area contributed by atoms with E-state index in [4.69, 9.17) is 15.0 Å². The quantitative estimate of drug-likeness (QED) is 0.116. The number of nitrogens with zero attached hydrogens (tertiary/aromatic N) is 6. The first-order chi connectivity index (χ1) is 68.4. The highest BCUT2D eigenvalue weighted by molar-refractivity contribution is 7.26. The van der Waals surface area contributed by atoms with Crippen molar-refractivity contribution in [2.75, 3.05) is 0 Å². The Labute approximate surface area is 808 Å². The van der Waals surface area contributed by atoms with Crippen molar-refractivity contribution in [1.29, 1.82) is 0 Å². The molecule has 0 amide bonds. The van der Waals surface area contributed by atoms with Gasteiger partial charge in [0.25, 0.3) is 0 Å². The summed E-state index contributed by atoms with van der Waals surface area (Å²) in [6.45, 7) is 0. The van der Waals surface area contributed by atoms with Crippen LogP contribution in [-0.4, -0.2) is 28.7 Å². The Morgan fingerprint density at radius 1 is 0.145 bits per heavy atom. The minimum atomic E-state index is 0.952. The van der Waals surface area contributed by atoms with E-state index in [0.717, 1.165) is 107 Å². The molecular formula is C129H82N6S3. The Balaban J connectivity index is 0.000000107. The Morgan fingerprint density at radius 2 is 0.449 bits per heavy atom. The van der Waals surface area contributed by atoms with Crippen molar-refractivity contribution in [3.05, 3.63) is 497 Å². The largest absolute Gasteiger partial charge is 0.309 e. The molecule has 0 aliphatic heterocycles. The maximum Gasteiger partial charge on any atom is 0.0737 e. The molecule has 0 atom stereocenters. The zero-order chi connectivity index (χ0) is 91.1. The predicted molar refractivity (Wildman–Crippen MR) is 589 cm³/mol. The molecule has 0 saturated carbocycles. The number of rotatable bonds is 13. The Bertz CT molecular complexity index is 9570. The fraction of sp³-hybridized carbons (Fsp3) is 0. The van der Waals surface area contributed by atoms with Crippen molar-refractivity contribution in [1.82, 2.24) is 28.7 Å². The molecule has 9 heterocycles. The van der Waals surface area contributed by atoms with Crippen molar-refractivity contribution in [2.45, 2.75) is 0 Å². The number of aromatic nitrogens is 6. The number of hydrogen-bond acceptors (Lipinski definition) is 6. The van der Waals surface area contributed by atoms with Crippen LogP contribution >= 0.6 is 34.0 Å². The number of benzene rings is 19. The topological polar surface area (TPSA) is 53.5 Å². The number of fused-ring (bicyclic) bond motifs is 18. The van der Waals surface area contributed by atoms with Gasteiger partial charge in [0.1, 0.15) is 0 Å². The van der Waals surface area contributed by atoms with Crippen molar-refractivity contribution < 1.29 is 0 Å². The van der Waals surface area contributed by atoms with E-state index in [0.29, 0.717) is 0 Å². The zero-order valence-electron chi connectivity index (χ0n) is 74.8. The normalized spacial score (nSPS) is 11.6. The van der Waals surface area contributed by atoms with Gasteiger partial charge < -0.3 is 13.7 Å². The highest BCUT2D eigenvalue weighted by atomic mass is 32.1. The average Bonchev–Trinajstić information content (AvgIpc) is 1.59. The highest BCUT2D eigenvalue weighted by Crippen LogP contribution is 2.48. The molecule has 138 heavy (non-hydrogen) atoms. The van der Waals surface area contributed by atoms with E-state index >= 15 is 0 Å². The van der Waals surface area contributed by atoms with E-state index < -0.39 is 0 Å². The standard InChI is InChI=1S/C47H30N2S.2C41H26N2S/c1-3-11-31(12-4-1)32-19-21-33(22-20-32)36-27-42(48-43(28-36)35-24-26-41-40-16-8-10-18-46(40)50-47(41)30-35)34-23-25-39-38-15-7-9-17-44(38)49(45(39)29-34)37-13-5-2-6-14-37;1-3-13-27(14-4-1)28-25-35(32-20-12-24-39-40(32)34-18-8-10-23-38(34)44-39)42-36(26-28)33-21-11-19-31-30-17-7-9-22-37(30)43(41(31)33)29-15-5-2-6-16-29;1-3-11-27(12-4-1)30-25-36(42-37(26-30)29-20-22-41-35(24-29)33-16-8-10-18-40(33)44-41)28-19-21-39-34(23-28)32-15-7-9-17-38(32)43(39)31-13-5-2-6-14-31/h1-30H;2*1-26H. The number of para-hydroxylation sites is 7. The zero-order valence-corrected chi connectivity index (χ0v) is 77.2. The van der Waals surface area contributed by atoms with E-state index in [-0.39, 0.29) is 0 Å². The number of pyridine rings is 3. The first kappa shape index (κ1) is 81.5. The summed E-state index contributed by atoms with van der Waals surface area (Å²) in [4.78, 5) is 16.2. The molecule has 0 N–H and O–H groups in total. The molecule has 0 aliphatic carbocycles. The van der Waals surface area contributed by atoms with Gasteiger partial charge >= 0.3 is 0 Å². The van der Waals surface area contributed by atoms with Crippen LogP contribution < -0.4 is 0 Å². The molecule has 0 spiro atoms. The Kier molecular flexibility index (Phi) is 20.4. The summed E-state index contributed by atoms with van der Waals surface area (Å²) >= 11 is 5.53. The van der Waals surface area contributed by atoms with E-state index in [1.807, 2.05) is 34.0 Å². The van der Waals surface area contributed by atoms with Crippen molar-refractivity contribution in [3.63, 3.8) is 0 Å². The molecule has 0 unspecified atom stereocenters. The summed E-state index contributed by atoms with van der Waals surface area (Å²) in [6, 6.07) is 179. The molecule has 9 aromatic heterocycles. The Morgan fingerprint density at radius 3 is 1.01 bits per heavy atom. The molecule has 646 valence electrons. The van der Waals surface area contributed by atoms with E-state index in [2.05, 4.69) is 511 Å². The van der Waals surface area contributed by atoms with Crippen molar-refractivity contribution in [2.24, 2.45) is 0 Å².